The molecule has 0 saturated heterocycles. The summed E-state index contributed by atoms with van der Waals surface area (Å²) in [5.74, 6) is 0. The Hall–Kier alpha value is 1.17. The monoisotopic (exact) mass is 302 g/mol. The standard InChI is InChI=1S/C6H14O6S3.Na.H/c1-3-5(14(7,8)9)13-6(4-2)15(10,11)12;;/h5-6H,3-4H2,1-2H3,(H,7,8,9)(H,10,11,12);;. The second kappa shape index (κ2) is 7.57. The van der Waals surface area contributed by atoms with Gasteiger partial charge in [0.1, 0.15) is 9.16 Å². The molecular weight excluding hydrogens is 287 g/mol. The van der Waals surface area contributed by atoms with E-state index in [1.165, 1.54) is 13.8 Å². The molecule has 0 amide bonds. The summed E-state index contributed by atoms with van der Waals surface area (Å²) in [4.78, 5) is 0. The van der Waals surface area contributed by atoms with Crippen LogP contribution >= 0.6 is 11.8 Å². The molecule has 6 nitrogen and oxygen atoms in total. The average molecular weight is 302 g/mol. The van der Waals surface area contributed by atoms with Crippen LogP contribution in [0.15, 0.2) is 0 Å². The van der Waals surface area contributed by atoms with Crippen molar-refractivity contribution in [1.82, 2.24) is 0 Å². The van der Waals surface area contributed by atoms with Crippen LogP contribution in [0.1, 0.15) is 26.7 Å². The summed E-state index contributed by atoms with van der Waals surface area (Å²) in [6.45, 7) is 3.00. The Morgan fingerprint density at radius 1 is 0.938 bits per heavy atom. The summed E-state index contributed by atoms with van der Waals surface area (Å²) in [6.07, 6.45) is 0.130. The van der Waals surface area contributed by atoms with Gasteiger partial charge in [-0.15, -0.1) is 11.8 Å². The van der Waals surface area contributed by atoms with Gasteiger partial charge in [0.15, 0.2) is 0 Å². The molecule has 0 aromatic rings. The van der Waals surface area contributed by atoms with E-state index in [1.807, 2.05) is 0 Å². The van der Waals surface area contributed by atoms with Gasteiger partial charge in [0.05, 0.1) is 0 Å². The molecule has 10 heteroatoms. The summed E-state index contributed by atoms with van der Waals surface area (Å²) in [5.41, 5.74) is 0. The first-order valence-electron chi connectivity index (χ1n) is 4.21. The van der Waals surface area contributed by atoms with Crippen LogP contribution in [0.4, 0.5) is 0 Å². The van der Waals surface area contributed by atoms with Crippen LogP contribution in [0.3, 0.4) is 0 Å². The molecule has 2 atom stereocenters. The van der Waals surface area contributed by atoms with E-state index >= 15 is 0 Å². The van der Waals surface area contributed by atoms with Crippen LogP contribution in [0, 0.1) is 0 Å². The van der Waals surface area contributed by atoms with Gasteiger partial charge < -0.3 is 0 Å². The molecule has 0 aliphatic heterocycles. The van der Waals surface area contributed by atoms with Gasteiger partial charge in [-0.1, -0.05) is 13.8 Å². The van der Waals surface area contributed by atoms with Crippen LogP contribution in [0.2, 0.25) is 0 Å². The zero-order chi connectivity index (χ0) is 12.3. The molecule has 0 fully saturated rings. The molecule has 0 saturated carbocycles. The fraction of sp³-hybridized carbons (Fsp3) is 1.00. The molecule has 0 radical (unpaired) electrons. The van der Waals surface area contributed by atoms with Crippen LogP contribution in [-0.2, 0) is 20.2 Å². The molecule has 0 spiro atoms. The van der Waals surface area contributed by atoms with Crippen LogP contribution in [-0.4, -0.2) is 64.7 Å². The van der Waals surface area contributed by atoms with Crippen molar-refractivity contribution in [3.8, 4) is 0 Å². The van der Waals surface area contributed by atoms with Crippen LogP contribution < -0.4 is 0 Å². The number of hydrogen-bond acceptors (Lipinski definition) is 5. The number of hydrogen-bond donors (Lipinski definition) is 2. The molecule has 0 aliphatic carbocycles. The zero-order valence-corrected chi connectivity index (χ0v) is 10.8. The first-order chi connectivity index (χ1) is 6.62. The van der Waals surface area contributed by atoms with Gasteiger partial charge >= 0.3 is 29.6 Å². The van der Waals surface area contributed by atoms with Gasteiger partial charge in [-0.3, -0.25) is 9.11 Å². The molecule has 2 unspecified atom stereocenters. The van der Waals surface area contributed by atoms with Gasteiger partial charge in [0.2, 0.25) is 0 Å². The third-order valence-corrected chi connectivity index (χ3v) is 7.03. The van der Waals surface area contributed by atoms with Crippen LogP contribution in [0.5, 0.6) is 0 Å². The van der Waals surface area contributed by atoms with Crippen molar-refractivity contribution < 1.29 is 25.9 Å². The first kappa shape index (κ1) is 19.5. The molecule has 0 aromatic carbocycles. The minimum atomic E-state index is -4.29. The van der Waals surface area contributed by atoms with E-state index in [4.69, 9.17) is 9.11 Å². The Balaban J connectivity index is 0. The van der Waals surface area contributed by atoms with E-state index < -0.39 is 29.4 Å². The molecule has 16 heavy (non-hydrogen) atoms. The van der Waals surface area contributed by atoms with E-state index in [1.54, 1.807) is 0 Å². The van der Waals surface area contributed by atoms with Crippen molar-refractivity contribution in [3.63, 3.8) is 0 Å². The maximum absolute atomic E-state index is 10.8. The molecule has 0 bridgehead atoms. The Bertz CT molecular complexity index is 350. The quantitative estimate of drug-likeness (QED) is 0.537. The summed E-state index contributed by atoms with van der Waals surface area (Å²) in [7, 11) is -8.59. The van der Waals surface area contributed by atoms with Gasteiger partial charge in [0.25, 0.3) is 20.2 Å². The predicted molar refractivity (Wildman–Crippen MR) is 66.0 cm³/mol. The molecule has 0 aliphatic rings. The van der Waals surface area contributed by atoms with E-state index in [0.29, 0.717) is 11.8 Å². The second-order valence-electron chi connectivity index (χ2n) is 2.84. The van der Waals surface area contributed by atoms with Crippen molar-refractivity contribution in [2.75, 3.05) is 0 Å². The third kappa shape index (κ3) is 6.80. The van der Waals surface area contributed by atoms with Gasteiger partial charge in [-0.05, 0) is 12.8 Å². The second-order valence-corrected chi connectivity index (χ2v) is 8.05. The van der Waals surface area contributed by atoms with E-state index in [0.717, 1.165) is 0 Å². The third-order valence-electron chi connectivity index (χ3n) is 1.63. The van der Waals surface area contributed by atoms with Crippen molar-refractivity contribution in [2.24, 2.45) is 0 Å². The fourth-order valence-corrected chi connectivity index (χ4v) is 4.63. The Labute approximate surface area is 122 Å². The van der Waals surface area contributed by atoms with Crippen molar-refractivity contribution >= 4 is 61.6 Å². The average Bonchev–Trinajstić information content (AvgIpc) is 2.01. The van der Waals surface area contributed by atoms with Gasteiger partial charge in [-0.2, -0.15) is 16.8 Å². The molecule has 0 aromatic heterocycles. The topological polar surface area (TPSA) is 109 Å². The van der Waals surface area contributed by atoms with Gasteiger partial charge in [-0.25, -0.2) is 0 Å². The SMILES string of the molecule is CCC(SC(CC)S(=O)(=O)O)S(=O)(=O)O.[NaH]. The number of rotatable bonds is 6. The Morgan fingerprint density at radius 2 is 1.19 bits per heavy atom. The van der Waals surface area contributed by atoms with Crippen LogP contribution in [0.25, 0.3) is 0 Å². The maximum atomic E-state index is 10.8. The Kier molecular flexibility index (Phi) is 9.23. The van der Waals surface area contributed by atoms with E-state index in [-0.39, 0.29) is 42.4 Å². The summed E-state index contributed by atoms with van der Waals surface area (Å²) < 4.78 is 58.3. The summed E-state index contributed by atoms with van der Waals surface area (Å²) in [6, 6.07) is 0. The molecule has 2 N–H and O–H groups in total. The first-order valence-corrected chi connectivity index (χ1v) is 8.15. The molecule has 0 heterocycles. The molecular formula is C6H15NaO6S3. The van der Waals surface area contributed by atoms with E-state index in [2.05, 4.69) is 0 Å². The van der Waals surface area contributed by atoms with Crippen molar-refractivity contribution in [3.05, 3.63) is 0 Å². The molecule has 94 valence electrons. The predicted octanol–water partition coefficient (Wildman–Crippen LogP) is 0.319. The number of thioether (sulfide) groups is 1. The summed E-state index contributed by atoms with van der Waals surface area (Å²) in [5, 5.41) is 0. The fourth-order valence-electron chi connectivity index (χ4n) is 0.923. The zero-order valence-electron chi connectivity index (χ0n) is 8.32. The van der Waals surface area contributed by atoms with Gasteiger partial charge in [0, 0.05) is 0 Å². The Morgan fingerprint density at radius 3 is 1.31 bits per heavy atom. The minimum absolute atomic E-state index is 0. The molecule has 0 rings (SSSR count). The van der Waals surface area contributed by atoms with E-state index in [9.17, 15) is 16.8 Å². The normalized spacial score (nSPS) is 16.2. The van der Waals surface area contributed by atoms with Crippen molar-refractivity contribution in [1.29, 1.82) is 0 Å². The summed E-state index contributed by atoms with van der Waals surface area (Å²) >= 11 is 0.528. The van der Waals surface area contributed by atoms with Crippen molar-refractivity contribution in [2.45, 2.75) is 35.9 Å².